The van der Waals surface area contributed by atoms with Crippen LogP contribution in [0.2, 0.25) is 0 Å². The van der Waals surface area contributed by atoms with Gasteiger partial charge in [0.25, 0.3) is 5.91 Å². The van der Waals surface area contributed by atoms with Gasteiger partial charge in [0.05, 0.1) is 19.4 Å². The smallest absolute Gasteiger partial charge is 0.251 e. The lowest BCUT2D eigenvalue weighted by Crippen LogP contribution is -2.31. The Kier molecular flexibility index (Phi) is 7.51. The van der Waals surface area contributed by atoms with Gasteiger partial charge in [-0.05, 0) is 61.2 Å². The molecule has 1 amide bonds. The molecule has 8 nitrogen and oxygen atoms in total. The summed E-state index contributed by atoms with van der Waals surface area (Å²) >= 11 is 0. The lowest BCUT2D eigenvalue weighted by atomic mass is 9.78. The van der Waals surface area contributed by atoms with Gasteiger partial charge in [-0.25, -0.2) is 9.37 Å². The Hall–Kier alpha value is -3.98. The monoisotopic (exact) mass is 545 g/mol. The zero-order valence-electron chi connectivity index (χ0n) is 23.3. The van der Waals surface area contributed by atoms with E-state index >= 15 is 0 Å². The topological polar surface area (TPSA) is 125 Å². The van der Waals surface area contributed by atoms with Crippen molar-refractivity contribution in [1.29, 1.82) is 0 Å². The number of pyridine rings is 1. The molecule has 1 fully saturated rings. The third-order valence-electron chi connectivity index (χ3n) is 8.24. The SMILES string of the molecule is CCC(CNC(=O)c1cc(C=NC)c(N)c(OC)c1)c1cc2c(c(-c3ccc(F)cc3)n1)OC[C@]2(C)C1CC1N. The van der Waals surface area contributed by atoms with E-state index in [-0.39, 0.29) is 29.1 Å². The third kappa shape index (κ3) is 5.01. The van der Waals surface area contributed by atoms with Crippen molar-refractivity contribution >= 4 is 17.8 Å². The van der Waals surface area contributed by atoms with Crippen molar-refractivity contribution in [2.75, 3.05) is 33.0 Å². The number of aliphatic imine (C=N–C) groups is 1. The van der Waals surface area contributed by atoms with Crippen LogP contribution in [0.3, 0.4) is 0 Å². The van der Waals surface area contributed by atoms with E-state index in [9.17, 15) is 9.18 Å². The van der Waals surface area contributed by atoms with Crippen molar-refractivity contribution < 1.29 is 18.7 Å². The summed E-state index contributed by atoms with van der Waals surface area (Å²) < 4.78 is 25.4. The number of benzene rings is 2. The van der Waals surface area contributed by atoms with E-state index in [1.54, 1.807) is 37.5 Å². The van der Waals surface area contributed by atoms with E-state index in [1.807, 2.05) is 0 Å². The van der Waals surface area contributed by atoms with Gasteiger partial charge in [0.1, 0.15) is 23.0 Å². The molecular weight excluding hydrogens is 509 g/mol. The highest BCUT2D eigenvalue weighted by molar-refractivity contribution is 5.99. The fourth-order valence-corrected chi connectivity index (χ4v) is 5.66. The molecular formula is C31H36FN5O3. The summed E-state index contributed by atoms with van der Waals surface area (Å²) in [6.45, 7) is 5.16. The summed E-state index contributed by atoms with van der Waals surface area (Å²) in [6, 6.07) is 11.9. The molecule has 0 spiro atoms. The number of amides is 1. The van der Waals surface area contributed by atoms with Crippen molar-refractivity contribution in [3.8, 4) is 22.8 Å². The number of carbonyl (C=O) groups is 1. The van der Waals surface area contributed by atoms with Crippen LogP contribution in [0.5, 0.6) is 11.5 Å². The second kappa shape index (κ2) is 10.9. The molecule has 40 heavy (non-hydrogen) atoms. The van der Waals surface area contributed by atoms with Gasteiger partial charge in [0.2, 0.25) is 0 Å². The minimum absolute atomic E-state index is 0.0708. The van der Waals surface area contributed by atoms with Gasteiger partial charge in [-0.3, -0.25) is 9.79 Å². The molecule has 2 heterocycles. The number of fused-ring (bicyclic) bond motifs is 1. The minimum Gasteiger partial charge on any atom is -0.495 e. The number of nitrogens with zero attached hydrogens (tertiary/aromatic N) is 2. The molecule has 0 saturated heterocycles. The highest BCUT2D eigenvalue weighted by Crippen LogP contribution is 2.54. The number of rotatable bonds is 9. The average molecular weight is 546 g/mol. The molecule has 4 atom stereocenters. The summed E-state index contributed by atoms with van der Waals surface area (Å²) in [5, 5.41) is 3.07. The summed E-state index contributed by atoms with van der Waals surface area (Å²) in [6.07, 6.45) is 3.29. The maximum atomic E-state index is 13.7. The Bertz CT molecular complexity index is 1460. The molecule has 1 saturated carbocycles. The summed E-state index contributed by atoms with van der Waals surface area (Å²) in [7, 11) is 3.15. The molecule has 3 unspecified atom stereocenters. The fraction of sp³-hybridized carbons (Fsp3) is 0.387. The first-order valence-corrected chi connectivity index (χ1v) is 13.6. The van der Waals surface area contributed by atoms with Crippen LogP contribution in [0.25, 0.3) is 11.3 Å². The minimum atomic E-state index is -0.312. The number of halogens is 1. The van der Waals surface area contributed by atoms with Crippen LogP contribution in [0.4, 0.5) is 10.1 Å². The Labute approximate surface area is 234 Å². The predicted molar refractivity (Wildman–Crippen MR) is 155 cm³/mol. The number of methoxy groups -OCH3 is 1. The lowest BCUT2D eigenvalue weighted by Gasteiger charge is -2.24. The lowest BCUT2D eigenvalue weighted by molar-refractivity contribution is 0.0950. The summed E-state index contributed by atoms with van der Waals surface area (Å²) in [5.41, 5.74) is 17.0. The van der Waals surface area contributed by atoms with E-state index in [1.165, 1.54) is 19.2 Å². The molecule has 1 aromatic heterocycles. The summed E-state index contributed by atoms with van der Waals surface area (Å²) in [4.78, 5) is 22.3. The molecule has 2 aromatic carbocycles. The molecule has 2 aliphatic rings. The number of aromatic nitrogens is 1. The van der Waals surface area contributed by atoms with E-state index < -0.39 is 0 Å². The normalized spacial score (nSPS) is 22.1. The molecule has 3 aromatic rings. The van der Waals surface area contributed by atoms with Crippen LogP contribution in [0.15, 0.2) is 47.5 Å². The molecule has 0 bridgehead atoms. The third-order valence-corrected chi connectivity index (χ3v) is 8.24. The Balaban J connectivity index is 1.47. The fourth-order valence-electron chi connectivity index (χ4n) is 5.66. The maximum Gasteiger partial charge on any atom is 0.251 e. The van der Waals surface area contributed by atoms with Crippen molar-refractivity contribution in [1.82, 2.24) is 10.3 Å². The standard InChI is InChI=1S/C31H36FN5O3/c1-5-17(15-36-30(38)19-10-20(14-35-3)27(34)26(11-19)39-4)25-13-23-29(40-16-31(23,2)22-12-24(22)33)28(37-25)18-6-8-21(32)9-7-18/h6-11,13-14,17,22,24H,5,12,15-16,33-34H2,1-4H3,(H,36,38)/t17?,22?,24?,31-/m1/s1. The van der Waals surface area contributed by atoms with Crippen molar-refractivity contribution in [2.24, 2.45) is 16.6 Å². The number of nitrogens with two attached hydrogens (primary N) is 2. The zero-order chi connectivity index (χ0) is 28.6. The Morgan fingerprint density at radius 1 is 1.32 bits per heavy atom. The van der Waals surface area contributed by atoms with E-state index in [4.69, 9.17) is 25.9 Å². The largest absolute Gasteiger partial charge is 0.495 e. The second-order valence-electron chi connectivity index (χ2n) is 10.9. The van der Waals surface area contributed by atoms with Crippen LogP contribution >= 0.6 is 0 Å². The molecule has 210 valence electrons. The highest BCUT2D eigenvalue weighted by atomic mass is 19.1. The number of nitrogens with one attached hydrogen (secondary N) is 1. The van der Waals surface area contributed by atoms with Crippen LogP contribution in [-0.2, 0) is 5.41 Å². The number of nitrogen functional groups attached to an aromatic ring is 1. The predicted octanol–water partition coefficient (Wildman–Crippen LogP) is 4.45. The van der Waals surface area contributed by atoms with Crippen LogP contribution in [-0.4, -0.2) is 50.5 Å². The zero-order valence-corrected chi connectivity index (χ0v) is 23.3. The Morgan fingerprint density at radius 2 is 2.05 bits per heavy atom. The number of anilines is 1. The van der Waals surface area contributed by atoms with Crippen molar-refractivity contribution in [3.05, 3.63) is 70.7 Å². The number of carbonyl (C=O) groups excluding carboxylic acids is 1. The van der Waals surface area contributed by atoms with Gasteiger partial charge in [0, 0.05) is 65.1 Å². The molecule has 1 aliphatic carbocycles. The van der Waals surface area contributed by atoms with Gasteiger partial charge in [-0.1, -0.05) is 13.8 Å². The molecule has 0 radical (unpaired) electrons. The van der Waals surface area contributed by atoms with Crippen LogP contribution in [0, 0.1) is 11.7 Å². The molecule has 5 rings (SSSR count). The van der Waals surface area contributed by atoms with Gasteiger partial charge in [0.15, 0.2) is 0 Å². The maximum absolute atomic E-state index is 13.7. The first-order valence-electron chi connectivity index (χ1n) is 13.6. The van der Waals surface area contributed by atoms with E-state index in [0.717, 1.165) is 35.4 Å². The number of hydrogen-bond donors (Lipinski definition) is 3. The number of ether oxygens (including phenoxy) is 2. The van der Waals surface area contributed by atoms with Crippen LogP contribution < -0.4 is 26.3 Å². The number of hydrogen-bond acceptors (Lipinski definition) is 7. The van der Waals surface area contributed by atoms with E-state index in [2.05, 4.69) is 30.2 Å². The summed E-state index contributed by atoms with van der Waals surface area (Å²) in [5.74, 6) is 0.837. The van der Waals surface area contributed by atoms with Crippen LogP contribution in [0.1, 0.15) is 59.8 Å². The van der Waals surface area contributed by atoms with Gasteiger partial charge in [-0.2, -0.15) is 0 Å². The average Bonchev–Trinajstić information content (AvgIpc) is 3.61. The first kappa shape index (κ1) is 27.6. The van der Waals surface area contributed by atoms with Gasteiger partial charge < -0.3 is 26.3 Å². The van der Waals surface area contributed by atoms with E-state index in [0.29, 0.717) is 47.3 Å². The quantitative estimate of drug-likeness (QED) is 0.270. The van der Waals surface area contributed by atoms with Crippen molar-refractivity contribution in [3.63, 3.8) is 0 Å². The van der Waals surface area contributed by atoms with Gasteiger partial charge >= 0.3 is 0 Å². The molecule has 5 N–H and O–H groups in total. The second-order valence-corrected chi connectivity index (χ2v) is 10.9. The molecule has 9 heteroatoms. The molecule has 1 aliphatic heterocycles. The Morgan fingerprint density at radius 3 is 2.67 bits per heavy atom. The van der Waals surface area contributed by atoms with Crippen molar-refractivity contribution in [2.45, 2.75) is 44.1 Å². The highest BCUT2D eigenvalue weighted by Gasteiger charge is 2.54. The van der Waals surface area contributed by atoms with Gasteiger partial charge in [-0.15, -0.1) is 0 Å². The first-order chi connectivity index (χ1) is 19.2.